The summed E-state index contributed by atoms with van der Waals surface area (Å²) in [6, 6.07) is 11.9. The Balaban J connectivity index is 0.00000280. The van der Waals surface area contributed by atoms with Crippen LogP contribution in [0.5, 0.6) is 0 Å². The summed E-state index contributed by atoms with van der Waals surface area (Å²) in [4.78, 5) is 12.1. The van der Waals surface area contributed by atoms with Crippen LogP contribution in [0.15, 0.2) is 46.4 Å². The first-order valence-corrected chi connectivity index (χ1v) is 10.8. The molecule has 0 aromatic heterocycles. The van der Waals surface area contributed by atoms with Crippen molar-refractivity contribution in [1.82, 2.24) is 0 Å². The maximum absolute atomic E-state index is 6.29. The van der Waals surface area contributed by atoms with Gasteiger partial charge in [-0.3, -0.25) is 0 Å². The predicted octanol–water partition coefficient (Wildman–Crippen LogP) is 7.67. The molecule has 0 spiro atoms. The highest BCUT2D eigenvalue weighted by Crippen LogP contribution is 2.40. The molecule has 1 unspecified atom stereocenters. The average molecular weight is 548 g/mol. The molecular weight excluding hydrogens is 524 g/mol. The van der Waals surface area contributed by atoms with Gasteiger partial charge >= 0.3 is 0 Å². The second-order valence-corrected chi connectivity index (χ2v) is 8.42. The van der Waals surface area contributed by atoms with Crippen molar-refractivity contribution in [2.45, 2.75) is 39.7 Å². The molecule has 1 atom stereocenters. The van der Waals surface area contributed by atoms with E-state index in [1.165, 1.54) is 0 Å². The Morgan fingerprint density at radius 3 is 2.29 bits per heavy atom. The van der Waals surface area contributed by atoms with Gasteiger partial charge in [-0.25, -0.2) is 9.98 Å². The van der Waals surface area contributed by atoms with E-state index < -0.39 is 0 Å². The third-order valence-electron chi connectivity index (χ3n) is 5.06. The molecule has 2 aromatic rings. The monoisotopic (exact) mass is 547 g/mol. The van der Waals surface area contributed by atoms with Gasteiger partial charge in [0.1, 0.15) is 5.54 Å². The van der Waals surface area contributed by atoms with E-state index in [0.717, 1.165) is 39.9 Å². The van der Waals surface area contributed by atoms with Crippen molar-refractivity contribution in [1.29, 1.82) is 0 Å². The lowest BCUT2D eigenvalue weighted by atomic mass is 9.95. The molecule has 0 aliphatic carbocycles. The molecule has 150 valence electrons. The second kappa shape index (κ2) is 9.37. The van der Waals surface area contributed by atoms with Crippen LogP contribution in [0.2, 0.25) is 10.0 Å². The van der Waals surface area contributed by atoms with Gasteiger partial charge in [0.05, 0.1) is 15.7 Å². The van der Waals surface area contributed by atoms with E-state index in [4.69, 9.17) is 33.2 Å². The number of halogens is 3. The largest absolute Gasteiger partial charge is 0.308 e. The Morgan fingerprint density at radius 2 is 1.75 bits per heavy atom. The van der Waals surface area contributed by atoms with Crippen LogP contribution in [0.25, 0.3) is 0 Å². The number of benzene rings is 2. The Kier molecular flexibility index (Phi) is 7.87. The Labute approximate surface area is 198 Å². The number of aliphatic imine (C=N–C) groups is 2. The van der Waals surface area contributed by atoms with E-state index in [0.29, 0.717) is 10.0 Å². The van der Waals surface area contributed by atoms with Crippen LogP contribution in [0.1, 0.15) is 31.4 Å². The maximum atomic E-state index is 6.29. The molecule has 0 radical (unpaired) electrons. The fourth-order valence-corrected chi connectivity index (χ4v) is 4.24. The minimum atomic E-state index is -0.371. The van der Waals surface area contributed by atoms with Gasteiger partial charge in [0.15, 0.2) is 11.0 Å². The van der Waals surface area contributed by atoms with Crippen LogP contribution in [-0.4, -0.2) is 22.8 Å². The summed E-state index contributed by atoms with van der Waals surface area (Å²) in [5.74, 6) is 0.817. The zero-order chi connectivity index (χ0) is 19.8. The lowest BCUT2D eigenvalue weighted by Crippen LogP contribution is -2.48. The van der Waals surface area contributed by atoms with E-state index in [-0.39, 0.29) is 29.5 Å². The van der Waals surface area contributed by atoms with Crippen LogP contribution in [-0.2, 0) is 0 Å². The van der Waals surface area contributed by atoms with Crippen LogP contribution < -0.4 is 4.90 Å². The number of anilines is 1. The first-order valence-electron chi connectivity index (χ1n) is 8.85. The Morgan fingerprint density at radius 1 is 1.11 bits per heavy atom. The molecule has 0 fully saturated rings. The summed E-state index contributed by atoms with van der Waals surface area (Å²) in [7, 11) is 0. The number of nitrogens with zero attached hydrogens (tertiary/aromatic N) is 3. The van der Waals surface area contributed by atoms with Gasteiger partial charge in [0, 0.05) is 5.69 Å². The summed E-state index contributed by atoms with van der Waals surface area (Å²) < 4.78 is 0. The SMILES string of the molecule is CCC1(C)C(=Nc2c(C)cccc2C)N=C(SC)N1c1ccc(Cl)c(Cl)c1.I. The molecule has 3 rings (SSSR count). The zero-order valence-electron chi connectivity index (χ0n) is 16.6. The molecule has 0 saturated heterocycles. The molecule has 0 N–H and O–H groups in total. The van der Waals surface area contributed by atoms with Crippen LogP contribution >= 0.6 is 58.9 Å². The van der Waals surface area contributed by atoms with Crippen molar-refractivity contribution in [2.75, 3.05) is 11.2 Å². The van der Waals surface area contributed by atoms with Crippen molar-refractivity contribution in [3.63, 3.8) is 0 Å². The van der Waals surface area contributed by atoms with E-state index in [1.807, 2.05) is 24.5 Å². The van der Waals surface area contributed by atoms with Gasteiger partial charge in [-0.1, -0.05) is 60.1 Å². The minimum absolute atomic E-state index is 0. The number of thioether (sulfide) groups is 1. The van der Waals surface area contributed by atoms with Crippen LogP contribution in [0, 0.1) is 13.8 Å². The lowest BCUT2D eigenvalue weighted by molar-refractivity contribution is 0.605. The van der Waals surface area contributed by atoms with Crippen LogP contribution in [0.3, 0.4) is 0 Å². The van der Waals surface area contributed by atoms with E-state index in [1.54, 1.807) is 11.8 Å². The topological polar surface area (TPSA) is 28.0 Å². The smallest absolute Gasteiger partial charge is 0.170 e. The highest BCUT2D eigenvalue weighted by atomic mass is 127. The maximum Gasteiger partial charge on any atom is 0.170 e. The third-order valence-corrected chi connectivity index (χ3v) is 6.44. The number of rotatable bonds is 3. The molecule has 1 aliphatic rings. The van der Waals surface area contributed by atoms with Crippen molar-refractivity contribution < 1.29 is 0 Å². The van der Waals surface area contributed by atoms with E-state index >= 15 is 0 Å². The predicted molar refractivity (Wildman–Crippen MR) is 137 cm³/mol. The Bertz CT molecular complexity index is 925. The normalized spacial score (nSPS) is 20.3. The molecule has 1 heterocycles. The standard InChI is InChI=1S/C21H23Cl2N3S.HI/c1-6-21(4)19(24-18-13(2)8-7-9-14(18)3)25-20(27-5)26(21)15-10-11-16(22)17(23)12-15;/h7-12H,6H2,1-5H3;1H. The van der Waals surface area contributed by atoms with Gasteiger partial charge in [0.25, 0.3) is 0 Å². The third kappa shape index (κ3) is 4.23. The number of hydrogen-bond acceptors (Lipinski definition) is 3. The van der Waals surface area contributed by atoms with Crippen molar-refractivity contribution in [3.05, 3.63) is 57.6 Å². The van der Waals surface area contributed by atoms with Gasteiger partial charge in [-0.05, 0) is 62.8 Å². The molecular formula is C21H24Cl2IN3S. The molecule has 28 heavy (non-hydrogen) atoms. The highest BCUT2D eigenvalue weighted by molar-refractivity contribution is 14.0. The number of amidine groups is 2. The van der Waals surface area contributed by atoms with Crippen LogP contribution in [0.4, 0.5) is 11.4 Å². The fourth-order valence-electron chi connectivity index (χ4n) is 3.28. The van der Waals surface area contributed by atoms with E-state index in [2.05, 4.69) is 50.8 Å². The van der Waals surface area contributed by atoms with Crippen molar-refractivity contribution in [2.24, 2.45) is 9.98 Å². The quantitative estimate of drug-likeness (QED) is 0.369. The van der Waals surface area contributed by atoms with E-state index in [9.17, 15) is 0 Å². The summed E-state index contributed by atoms with van der Waals surface area (Å²) in [5, 5.41) is 1.99. The second-order valence-electron chi connectivity index (χ2n) is 6.84. The summed E-state index contributed by atoms with van der Waals surface area (Å²) in [5.41, 5.74) is 3.88. The first kappa shape index (κ1) is 23.5. The summed E-state index contributed by atoms with van der Waals surface area (Å²) in [6.07, 6.45) is 2.88. The fraction of sp³-hybridized carbons (Fsp3) is 0.333. The molecule has 0 amide bonds. The molecule has 2 aromatic carbocycles. The number of para-hydroxylation sites is 1. The van der Waals surface area contributed by atoms with Gasteiger partial charge in [-0.2, -0.15) is 0 Å². The molecule has 7 heteroatoms. The zero-order valence-corrected chi connectivity index (χ0v) is 21.2. The van der Waals surface area contributed by atoms with Crippen molar-refractivity contribution in [3.8, 4) is 0 Å². The average Bonchev–Trinajstić information content (AvgIpc) is 2.93. The van der Waals surface area contributed by atoms with Gasteiger partial charge in [0.2, 0.25) is 0 Å². The number of hydrogen-bond donors (Lipinski definition) is 0. The summed E-state index contributed by atoms with van der Waals surface area (Å²) >= 11 is 14.0. The molecule has 1 aliphatic heterocycles. The molecule has 0 bridgehead atoms. The van der Waals surface area contributed by atoms with Gasteiger partial charge in [-0.15, -0.1) is 24.0 Å². The molecule has 3 nitrogen and oxygen atoms in total. The van der Waals surface area contributed by atoms with Gasteiger partial charge < -0.3 is 4.90 Å². The number of aryl methyl sites for hydroxylation is 2. The minimum Gasteiger partial charge on any atom is -0.308 e. The highest BCUT2D eigenvalue weighted by Gasteiger charge is 2.44. The lowest BCUT2D eigenvalue weighted by Gasteiger charge is -2.36. The first-order chi connectivity index (χ1) is 12.8. The van der Waals surface area contributed by atoms with Crippen molar-refractivity contribution >= 4 is 81.3 Å². The Hall–Kier alpha value is -0.760. The molecule has 0 saturated carbocycles. The summed E-state index contributed by atoms with van der Waals surface area (Å²) in [6.45, 7) is 8.50.